The van der Waals surface area contributed by atoms with Crippen molar-refractivity contribution >= 4 is 22.7 Å². The maximum Gasteiger partial charge on any atom is 0.150 e. The van der Waals surface area contributed by atoms with Crippen LogP contribution < -0.4 is 9.47 Å². The third-order valence-corrected chi connectivity index (χ3v) is 8.72. The van der Waals surface area contributed by atoms with Crippen molar-refractivity contribution in [3.63, 3.8) is 0 Å². The molecule has 3 aromatic carbocycles. The summed E-state index contributed by atoms with van der Waals surface area (Å²) in [6.45, 7) is 9.69. The fourth-order valence-electron chi connectivity index (χ4n) is 5.68. The van der Waals surface area contributed by atoms with E-state index in [0.717, 1.165) is 68.8 Å². The van der Waals surface area contributed by atoms with Crippen molar-refractivity contribution < 1.29 is 14.6 Å². The van der Waals surface area contributed by atoms with Gasteiger partial charge in [-0.05, 0) is 115 Å². The lowest BCUT2D eigenvalue weighted by molar-refractivity contribution is 0.169. The predicted octanol–water partition coefficient (Wildman–Crippen LogP) is 7.69. The normalized spacial score (nSPS) is 20.0. The Hall–Kier alpha value is -3.61. The number of phenols is 1. The molecule has 1 N–H and O–H groups in total. The van der Waals surface area contributed by atoms with Crippen molar-refractivity contribution in [1.82, 2.24) is 9.27 Å². The molecule has 0 radical (unpaired) electrons. The maximum atomic E-state index is 10.3. The van der Waals surface area contributed by atoms with Crippen LogP contribution in [0.15, 0.2) is 79.0 Å². The third-order valence-electron chi connectivity index (χ3n) is 7.93. The minimum absolute atomic E-state index is 0.237. The van der Waals surface area contributed by atoms with Gasteiger partial charge in [-0.2, -0.15) is 0 Å². The number of benzene rings is 3. The highest BCUT2D eigenvalue weighted by atomic mass is 32.1. The second-order valence-corrected chi connectivity index (χ2v) is 11.6. The molecule has 0 bridgehead atoms. The molecule has 1 saturated heterocycles. The molecule has 3 atom stereocenters. The molecule has 39 heavy (non-hydrogen) atoms. The van der Waals surface area contributed by atoms with Crippen LogP contribution in [0.4, 0.5) is 0 Å². The number of aromatic hydroxyl groups is 1. The van der Waals surface area contributed by atoms with E-state index >= 15 is 0 Å². The Morgan fingerprint density at radius 3 is 2.64 bits per heavy atom. The standard InChI is InChI=1S/C33H34N2O3S/c1-21-14-16-35(19-21)22(2)20-37-28-10-7-24(8-11-28)33-32(26-5-4-6-27(36)17-26)23(3)29-18-25(9-12-30(29)38-33)31-13-15-34-39-31/h4-13,15,17-18,21-22,33,36H,14,16,19-20H2,1-3H3. The van der Waals surface area contributed by atoms with Crippen molar-refractivity contribution in [3.8, 4) is 27.7 Å². The van der Waals surface area contributed by atoms with Gasteiger partial charge < -0.3 is 14.6 Å². The Labute approximate surface area is 234 Å². The molecule has 5 nitrogen and oxygen atoms in total. The van der Waals surface area contributed by atoms with Gasteiger partial charge in [-0.1, -0.05) is 31.2 Å². The van der Waals surface area contributed by atoms with Gasteiger partial charge in [0, 0.05) is 29.9 Å². The highest BCUT2D eigenvalue weighted by molar-refractivity contribution is 7.09. The molecule has 2 aliphatic heterocycles. The van der Waals surface area contributed by atoms with E-state index in [9.17, 15) is 5.11 Å². The number of hydrogen-bond acceptors (Lipinski definition) is 6. The predicted molar refractivity (Wildman–Crippen MR) is 158 cm³/mol. The second-order valence-electron chi connectivity index (χ2n) is 10.8. The van der Waals surface area contributed by atoms with Gasteiger partial charge in [-0.15, -0.1) is 0 Å². The summed E-state index contributed by atoms with van der Waals surface area (Å²) in [6.07, 6.45) is 2.78. The highest BCUT2D eigenvalue weighted by Gasteiger charge is 2.30. The van der Waals surface area contributed by atoms with E-state index in [-0.39, 0.29) is 11.9 Å². The van der Waals surface area contributed by atoms with Crippen LogP contribution in [0.5, 0.6) is 17.2 Å². The number of phenolic OH excluding ortho intramolecular Hbond substituents is 1. The molecule has 1 aromatic heterocycles. The zero-order valence-electron chi connectivity index (χ0n) is 22.6. The van der Waals surface area contributed by atoms with E-state index in [1.165, 1.54) is 18.0 Å². The van der Waals surface area contributed by atoms with Gasteiger partial charge in [0.05, 0.1) is 4.88 Å². The average molecular weight is 539 g/mol. The molecule has 0 spiro atoms. The van der Waals surface area contributed by atoms with E-state index in [1.54, 1.807) is 6.07 Å². The lowest BCUT2D eigenvalue weighted by Gasteiger charge is -2.31. The molecular formula is C33H34N2O3S. The lowest BCUT2D eigenvalue weighted by Crippen LogP contribution is -2.35. The minimum atomic E-state index is -0.312. The maximum absolute atomic E-state index is 10.3. The van der Waals surface area contributed by atoms with E-state index in [2.05, 4.69) is 60.4 Å². The SMILES string of the molecule is CC1=C(c2cccc(O)c2)C(c2ccc(OCC(C)N3CCC(C)C3)cc2)Oc2ccc(-c3ccns3)cc21. The summed E-state index contributed by atoms with van der Waals surface area (Å²) in [5.74, 6) is 2.72. The van der Waals surface area contributed by atoms with Crippen molar-refractivity contribution in [2.75, 3.05) is 19.7 Å². The number of fused-ring (bicyclic) bond motifs is 1. The molecule has 0 aliphatic carbocycles. The minimum Gasteiger partial charge on any atom is -0.508 e. The number of ether oxygens (including phenoxy) is 2. The molecule has 200 valence electrons. The van der Waals surface area contributed by atoms with Gasteiger partial charge in [-0.3, -0.25) is 4.90 Å². The van der Waals surface area contributed by atoms with Gasteiger partial charge in [-0.25, -0.2) is 4.37 Å². The second kappa shape index (κ2) is 10.9. The number of aromatic nitrogens is 1. The van der Waals surface area contributed by atoms with Crippen LogP contribution in [0.3, 0.4) is 0 Å². The Kier molecular flexibility index (Phi) is 7.15. The quantitative estimate of drug-likeness (QED) is 0.261. The zero-order valence-corrected chi connectivity index (χ0v) is 23.4. The Morgan fingerprint density at radius 2 is 1.92 bits per heavy atom. The number of hydrogen-bond donors (Lipinski definition) is 1. The van der Waals surface area contributed by atoms with Gasteiger partial charge in [0.2, 0.25) is 0 Å². The van der Waals surface area contributed by atoms with E-state index in [4.69, 9.17) is 9.47 Å². The highest BCUT2D eigenvalue weighted by Crippen LogP contribution is 2.48. The summed E-state index contributed by atoms with van der Waals surface area (Å²) in [4.78, 5) is 3.64. The Morgan fingerprint density at radius 1 is 1.08 bits per heavy atom. The van der Waals surface area contributed by atoms with Gasteiger partial charge in [0.1, 0.15) is 30.0 Å². The molecule has 2 aliphatic rings. The van der Waals surface area contributed by atoms with Crippen LogP contribution in [0, 0.1) is 5.92 Å². The van der Waals surface area contributed by atoms with E-state index < -0.39 is 0 Å². The molecule has 3 heterocycles. The molecule has 3 unspecified atom stereocenters. The van der Waals surface area contributed by atoms with Crippen LogP contribution in [0.2, 0.25) is 0 Å². The first-order valence-corrected chi connectivity index (χ1v) is 14.4. The fraction of sp³-hybridized carbons (Fsp3) is 0.303. The summed E-state index contributed by atoms with van der Waals surface area (Å²) < 4.78 is 17.1. The van der Waals surface area contributed by atoms with Gasteiger partial charge in [0.15, 0.2) is 0 Å². The fourth-order valence-corrected chi connectivity index (χ4v) is 6.27. The Balaban J connectivity index is 1.29. The van der Waals surface area contributed by atoms with E-state index in [1.807, 2.05) is 42.6 Å². The summed E-state index contributed by atoms with van der Waals surface area (Å²) in [5.41, 5.74) is 6.34. The third kappa shape index (κ3) is 5.32. The molecule has 0 amide bonds. The smallest absolute Gasteiger partial charge is 0.150 e. The van der Waals surface area contributed by atoms with E-state index in [0.29, 0.717) is 12.6 Å². The molecule has 6 heteroatoms. The lowest BCUT2D eigenvalue weighted by atomic mass is 9.85. The van der Waals surface area contributed by atoms with Crippen molar-refractivity contribution in [2.24, 2.45) is 5.92 Å². The van der Waals surface area contributed by atoms with Crippen molar-refractivity contribution in [2.45, 2.75) is 39.3 Å². The summed E-state index contributed by atoms with van der Waals surface area (Å²) in [6, 6.07) is 24.4. The monoisotopic (exact) mass is 538 g/mol. The van der Waals surface area contributed by atoms with Gasteiger partial charge >= 0.3 is 0 Å². The molecule has 0 saturated carbocycles. The number of allylic oxidation sites excluding steroid dienone is 1. The van der Waals surface area contributed by atoms with Crippen LogP contribution in [0.25, 0.3) is 21.6 Å². The topological polar surface area (TPSA) is 54.8 Å². The van der Waals surface area contributed by atoms with Crippen LogP contribution >= 0.6 is 11.5 Å². The molecular weight excluding hydrogens is 504 g/mol. The summed E-state index contributed by atoms with van der Waals surface area (Å²) in [7, 11) is 0. The number of nitrogens with zero attached hydrogens (tertiary/aromatic N) is 2. The first-order valence-electron chi connectivity index (χ1n) is 13.7. The first kappa shape index (κ1) is 25.7. The average Bonchev–Trinajstić information content (AvgIpc) is 3.64. The first-order chi connectivity index (χ1) is 19.0. The largest absolute Gasteiger partial charge is 0.508 e. The molecule has 6 rings (SSSR count). The number of likely N-dealkylation sites (tertiary alicyclic amines) is 1. The van der Waals surface area contributed by atoms with Crippen molar-refractivity contribution in [3.05, 3.63) is 95.7 Å². The van der Waals surface area contributed by atoms with Gasteiger partial charge in [0.25, 0.3) is 0 Å². The summed E-state index contributed by atoms with van der Waals surface area (Å²) >= 11 is 1.48. The van der Waals surface area contributed by atoms with Crippen LogP contribution in [-0.4, -0.2) is 40.1 Å². The van der Waals surface area contributed by atoms with Crippen molar-refractivity contribution in [1.29, 1.82) is 0 Å². The Bertz CT molecular complexity index is 1480. The molecule has 4 aromatic rings. The number of rotatable bonds is 7. The van der Waals surface area contributed by atoms with Crippen LogP contribution in [-0.2, 0) is 0 Å². The van der Waals surface area contributed by atoms with Crippen LogP contribution in [0.1, 0.15) is 50.0 Å². The zero-order chi connectivity index (χ0) is 26.9. The summed E-state index contributed by atoms with van der Waals surface area (Å²) in [5, 5.41) is 10.3. The molecule has 1 fully saturated rings.